The lowest BCUT2D eigenvalue weighted by Crippen LogP contribution is -2.50. The van der Waals surface area contributed by atoms with Crippen LogP contribution in [0.25, 0.3) is 5.69 Å². The van der Waals surface area contributed by atoms with Crippen LogP contribution in [0.15, 0.2) is 42.7 Å². The van der Waals surface area contributed by atoms with Crippen LogP contribution in [-0.2, 0) is 6.54 Å². The first kappa shape index (κ1) is 20.4. The molecular weight excluding hydrogens is 433 g/mol. The number of hydrogen-bond acceptors (Lipinski definition) is 6. The highest BCUT2D eigenvalue weighted by Crippen LogP contribution is 2.23. The Morgan fingerprint density at radius 3 is 2.37 bits per heavy atom. The van der Waals surface area contributed by atoms with Gasteiger partial charge in [0.2, 0.25) is 11.8 Å². The second-order valence-electron chi connectivity index (χ2n) is 6.84. The molecule has 9 nitrogen and oxygen atoms in total. The van der Waals surface area contributed by atoms with Crippen LogP contribution in [0.1, 0.15) is 5.56 Å². The van der Waals surface area contributed by atoms with Gasteiger partial charge in [0.05, 0.1) is 16.9 Å². The zero-order valence-corrected chi connectivity index (χ0v) is 17.3. The SMILES string of the molecule is O=C(On1c(O)ccc1O)N1CCN(Cc2ccc(Cl)cc2-n2cc(Cl)cn2)CC1. The molecule has 2 aromatic heterocycles. The number of halogens is 2. The standard InChI is InChI=1S/C19H19Cl2N5O4/c20-14-2-1-13(16(9-14)25-12-15(21)10-22-25)11-23-5-7-24(8-6-23)19(29)30-26-17(27)3-4-18(26)28/h1-4,9-10,12,27-28H,5-8,11H2. The van der Waals surface area contributed by atoms with E-state index < -0.39 is 6.09 Å². The van der Waals surface area contributed by atoms with Gasteiger partial charge in [0.25, 0.3) is 0 Å². The van der Waals surface area contributed by atoms with Gasteiger partial charge in [-0.15, -0.1) is 4.73 Å². The molecule has 158 valence electrons. The van der Waals surface area contributed by atoms with Crippen molar-refractivity contribution >= 4 is 29.3 Å². The molecule has 0 saturated carbocycles. The van der Waals surface area contributed by atoms with E-state index in [1.165, 1.54) is 17.0 Å². The minimum Gasteiger partial charge on any atom is -0.492 e. The van der Waals surface area contributed by atoms with E-state index in [9.17, 15) is 15.0 Å². The van der Waals surface area contributed by atoms with Crippen molar-refractivity contribution in [2.24, 2.45) is 0 Å². The summed E-state index contributed by atoms with van der Waals surface area (Å²) < 4.78 is 2.37. The van der Waals surface area contributed by atoms with Crippen molar-refractivity contribution in [1.82, 2.24) is 24.3 Å². The van der Waals surface area contributed by atoms with Crippen LogP contribution in [0, 0.1) is 0 Å². The van der Waals surface area contributed by atoms with E-state index in [4.69, 9.17) is 28.0 Å². The van der Waals surface area contributed by atoms with Crippen molar-refractivity contribution in [3.05, 3.63) is 58.3 Å². The van der Waals surface area contributed by atoms with E-state index in [-0.39, 0.29) is 11.8 Å². The molecule has 1 fully saturated rings. The lowest BCUT2D eigenvalue weighted by molar-refractivity contribution is 0.0555. The van der Waals surface area contributed by atoms with Gasteiger partial charge in [-0.1, -0.05) is 29.3 Å². The van der Waals surface area contributed by atoms with Crippen molar-refractivity contribution in [1.29, 1.82) is 0 Å². The molecule has 1 aliphatic rings. The Morgan fingerprint density at radius 2 is 1.73 bits per heavy atom. The van der Waals surface area contributed by atoms with Crippen LogP contribution in [0.3, 0.4) is 0 Å². The third kappa shape index (κ3) is 4.33. The molecule has 0 aliphatic carbocycles. The Bertz CT molecular complexity index is 1040. The van der Waals surface area contributed by atoms with Crippen molar-refractivity contribution < 1.29 is 19.8 Å². The Kier molecular flexibility index (Phi) is 5.76. The van der Waals surface area contributed by atoms with Gasteiger partial charge in [-0.3, -0.25) is 4.90 Å². The van der Waals surface area contributed by atoms with E-state index in [1.807, 2.05) is 18.2 Å². The van der Waals surface area contributed by atoms with Crippen LogP contribution < -0.4 is 4.84 Å². The molecule has 1 aromatic carbocycles. The monoisotopic (exact) mass is 451 g/mol. The Balaban J connectivity index is 1.39. The molecule has 4 rings (SSSR count). The zero-order valence-electron chi connectivity index (χ0n) is 15.8. The fourth-order valence-electron chi connectivity index (χ4n) is 3.28. The van der Waals surface area contributed by atoms with Crippen LogP contribution >= 0.6 is 23.2 Å². The van der Waals surface area contributed by atoms with Crippen LogP contribution in [0.5, 0.6) is 11.8 Å². The van der Waals surface area contributed by atoms with Crippen molar-refractivity contribution in [3.63, 3.8) is 0 Å². The molecular formula is C19H19Cl2N5O4. The van der Waals surface area contributed by atoms with E-state index >= 15 is 0 Å². The van der Waals surface area contributed by atoms with Crippen molar-refractivity contribution in [3.8, 4) is 17.4 Å². The molecule has 1 aliphatic heterocycles. The smallest absolute Gasteiger partial charge is 0.434 e. The maximum Gasteiger partial charge on any atom is 0.434 e. The number of rotatable bonds is 4. The molecule has 0 bridgehead atoms. The molecule has 0 radical (unpaired) electrons. The summed E-state index contributed by atoms with van der Waals surface area (Å²) in [6, 6.07) is 8.08. The molecule has 3 aromatic rings. The first-order valence-electron chi connectivity index (χ1n) is 9.19. The maximum absolute atomic E-state index is 12.3. The number of nitrogens with zero attached hydrogens (tertiary/aromatic N) is 5. The molecule has 0 spiro atoms. The molecule has 0 unspecified atom stereocenters. The van der Waals surface area contributed by atoms with Crippen LogP contribution in [0.2, 0.25) is 10.0 Å². The second-order valence-corrected chi connectivity index (χ2v) is 7.71. The average molecular weight is 452 g/mol. The van der Waals surface area contributed by atoms with Gasteiger partial charge in [-0.2, -0.15) is 5.10 Å². The first-order valence-corrected chi connectivity index (χ1v) is 9.94. The largest absolute Gasteiger partial charge is 0.492 e. The summed E-state index contributed by atoms with van der Waals surface area (Å²) in [5.41, 5.74) is 1.87. The van der Waals surface area contributed by atoms with E-state index in [2.05, 4.69) is 10.00 Å². The summed E-state index contributed by atoms with van der Waals surface area (Å²) >= 11 is 12.2. The van der Waals surface area contributed by atoms with Crippen molar-refractivity contribution in [2.45, 2.75) is 6.54 Å². The van der Waals surface area contributed by atoms with Crippen molar-refractivity contribution in [2.75, 3.05) is 26.2 Å². The fraction of sp³-hybridized carbons (Fsp3) is 0.263. The molecule has 0 atom stereocenters. The van der Waals surface area contributed by atoms with Gasteiger partial charge in [-0.05, 0) is 17.7 Å². The Morgan fingerprint density at radius 1 is 1.03 bits per heavy atom. The number of carbonyl (C=O) groups excluding carboxylic acids is 1. The quantitative estimate of drug-likeness (QED) is 0.632. The third-order valence-electron chi connectivity index (χ3n) is 4.84. The summed E-state index contributed by atoms with van der Waals surface area (Å²) in [4.78, 5) is 21.1. The highest BCUT2D eigenvalue weighted by Gasteiger charge is 2.25. The number of benzene rings is 1. The summed E-state index contributed by atoms with van der Waals surface area (Å²) in [7, 11) is 0. The second kappa shape index (κ2) is 8.47. The van der Waals surface area contributed by atoms with E-state index in [1.54, 1.807) is 17.1 Å². The van der Waals surface area contributed by atoms with E-state index in [0.29, 0.717) is 47.5 Å². The van der Waals surface area contributed by atoms with Gasteiger partial charge in [-0.25, -0.2) is 9.48 Å². The Hall–Kier alpha value is -2.88. The Labute approximate surface area is 182 Å². The number of piperazine rings is 1. The van der Waals surface area contributed by atoms with Gasteiger partial charge < -0.3 is 20.0 Å². The van der Waals surface area contributed by atoms with E-state index in [0.717, 1.165) is 11.3 Å². The number of amides is 1. The zero-order chi connectivity index (χ0) is 21.3. The molecule has 30 heavy (non-hydrogen) atoms. The molecule has 3 heterocycles. The topological polar surface area (TPSA) is 96.0 Å². The third-order valence-corrected chi connectivity index (χ3v) is 5.27. The highest BCUT2D eigenvalue weighted by atomic mass is 35.5. The summed E-state index contributed by atoms with van der Waals surface area (Å²) in [5, 5.41) is 24.6. The van der Waals surface area contributed by atoms with Crippen LogP contribution in [-0.4, -0.2) is 66.8 Å². The van der Waals surface area contributed by atoms with Gasteiger partial charge in [0.15, 0.2) is 0 Å². The molecule has 11 heteroatoms. The summed E-state index contributed by atoms with van der Waals surface area (Å²) in [5.74, 6) is -0.707. The number of carbonyl (C=O) groups is 1. The number of aromatic nitrogens is 3. The minimum atomic E-state index is -0.644. The van der Waals surface area contributed by atoms with Gasteiger partial charge >= 0.3 is 6.09 Å². The lowest BCUT2D eigenvalue weighted by atomic mass is 10.1. The predicted octanol–water partition coefficient (Wildman–Crippen LogP) is 2.76. The first-order chi connectivity index (χ1) is 14.4. The lowest BCUT2D eigenvalue weighted by Gasteiger charge is -2.34. The minimum absolute atomic E-state index is 0.353. The number of hydrogen-bond donors (Lipinski definition) is 2. The number of aromatic hydroxyl groups is 2. The molecule has 1 amide bonds. The van der Waals surface area contributed by atoms with Gasteiger partial charge in [0, 0.05) is 56.1 Å². The molecule has 2 N–H and O–H groups in total. The average Bonchev–Trinajstić information content (AvgIpc) is 3.30. The normalized spacial score (nSPS) is 14.8. The predicted molar refractivity (Wildman–Crippen MR) is 110 cm³/mol. The molecule has 1 saturated heterocycles. The maximum atomic E-state index is 12.3. The van der Waals surface area contributed by atoms with Gasteiger partial charge in [0.1, 0.15) is 0 Å². The highest BCUT2D eigenvalue weighted by molar-refractivity contribution is 6.31. The summed E-state index contributed by atoms with van der Waals surface area (Å²) in [6.07, 6.45) is 2.64. The summed E-state index contributed by atoms with van der Waals surface area (Å²) in [6.45, 7) is 2.78. The fourth-order valence-corrected chi connectivity index (χ4v) is 3.58. The van der Waals surface area contributed by atoms with Crippen LogP contribution in [0.4, 0.5) is 4.79 Å².